The van der Waals surface area contributed by atoms with Crippen molar-refractivity contribution in [1.82, 2.24) is 15.0 Å². The van der Waals surface area contributed by atoms with Gasteiger partial charge in [0.05, 0.1) is 32.9 Å². The number of anilines is 2. The standard InChI is InChI=1S/C21H26ClN5O2S/c22-16-11-23-19(24-12-16)14-2-7-27(8-3-14)17-10-15-4-9-30(29)18(15)20(25-17)26-21(13-28)5-1-6-21/h10-12,14,28H,1-9,13H2,(H,25,26). The van der Waals surface area contributed by atoms with E-state index in [1.54, 1.807) is 12.4 Å². The summed E-state index contributed by atoms with van der Waals surface area (Å²) >= 11 is 5.91. The van der Waals surface area contributed by atoms with Crippen molar-refractivity contribution in [3.05, 3.63) is 34.9 Å². The molecule has 160 valence electrons. The lowest BCUT2D eigenvalue weighted by atomic mass is 9.77. The maximum absolute atomic E-state index is 12.6. The lowest BCUT2D eigenvalue weighted by molar-refractivity contribution is 0.143. The molecule has 9 heteroatoms. The molecule has 1 saturated heterocycles. The molecule has 0 aromatic carbocycles. The molecule has 1 unspecified atom stereocenters. The monoisotopic (exact) mass is 447 g/mol. The van der Waals surface area contributed by atoms with Crippen LogP contribution >= 0.6 is 11.6 Å². The van der Waals surface area contributed by atoms with Crippen LogP contribution in [0.1, 0.15) is 49.4 Å². The minimum absolute atomic E-state index is 0.0762. The number of aliphatic hydroxyl groups is 1. The number of nitrogens with one attached hydrogen (secondary N) is 1. The number of pyridine rings is 1. The largest absolute Gasteiger partial charge is 0.394 e. The predicted octanol–water partition coefficient (Wildman–Crippen LogP) is 2.90. The van der Waals surface area contributed by atoms with E-state index in [2.05, 4.69) is 26.3 Å². The quantitative estimate of drug-likeness (QED) is 0.728. The first-order valence-electron chi connectivity index (χ1n) is 10.6. The van der Waals surface area contributed by atoms with Gasteiger partial charge in [-0.3, -0.25) is 4.21 Å². The van der Waals surface area contributed by atoms with Crippen molar-refractivity contribution in [2.45, 2.75) is 54.9 Å². The van der Waals surface area contributed by atoms with Crippen molar-refractivity contribution in [3.8, 4) is 0 Å². The SMILES string of the molecule is O=S1CCc2cc(N3CCC(c4ncc(Cl)cn4)CC3)nc(NC3(CO)CCC3)c21. The molecule has 5 rings (SSSR count). The number of halogens is 1. The van der Waals surface area contributed by atoms with Crippen LogP contribution in [0, 0.1) is 0 Å². The number of aliphatic hydroxyl groups excluding tert-OH is 1. The normalized spacial score (nSPS) is 23.1. The topological polar surface area (TPSA) is 91.2 Å². The van der Waals surface area contributed by atoms with E-state index in [4.69, 9.17) is 16.6 Å². The zero-order valence-corrected chi connectivity index (χ0v) is 18.4. The molecular formula is C21H26ClN5O2S. The van der Waals surface area contributed by atoms with Crippen molar-refractivity contribution < 1.29 is 9.32 Å². The summed E-state index contributed by atoms with van der Waals surface area (Å²) < 4.78 is 12.6. The molecule has 1 saturated carbocycles. The summed E-state index contributed by atoms with van der Waals surface area (Å²) in [5.74, 6) is 3.46. The summed E-state index contributed by atoms with van der Waals surface area (Å²) in [5.41, 5.74) is 0.807. The minimum atomic E-state index is -1.02. The molecule has 2 aliphatic heterocycles. The first kappa shape index (κ1) is 20.2. The fourth-order valence-corrected chi connectivity index (χ4v) is 6.11. The molecule has 0 radical (unpaired) electrons. The molecular weight excluding hydrogens is 422 g/mol. The zero-order valence-electron chi connectivity index (χ0n) is 16.8. The molecule has 3 aliphatic rings. The van der Waals surface area contributed by atoms with Crippen molar-refractivity contribution in [2.75, 3.05) is 35.7 Å². The highest BCUT2D eigenvalue weighted by atomic mass is 35.5. The van der Waals surface area contributed by atoms with Gasteiger partial charge in [-0.15, -0.1) is 0 Å². The van der Waals surface area contributed by atoms with Crippen LogP contribution in [0.25, 0.3) is 0 Å². The third kappa shape index (κ3) is 3.69. The Kier molecular flexibility index (Phi) is 5.41. The van der Waals surface area contributed by atoms with Gasteiger partial charge in [0.15, 0.2) is 0 Å². The molecule has 7 nitrogen and oxygen atoms in total. The molecule has 30 heavy (non-hydrogen) atoms. The minimum Gasteiger partial charge on any atom is -0.394 e. The second-order valence-corrected chi connectivity index (χ2v) is 10.5. The Balaban J connectivity index is 1.37. The molecule has 1 aliphatic carbocycles. The van der Waals surface area contributed by atoms with E-state index in [0.717, 1.165) is 73.7 Å². The summed E-state index contributed by atoms with van der Waals surface area (Å²) in [5, 5.41) is 13.9. The van der Waals surface area contributed by atoms with E-state index in [-0.39, 0.29) is 12.1 Å². The summed E-state index contributed by atoms with van der Waals surface area (Å²) in [6.07, 6.45) is 8.98. The van der Waals surface area contributed by atoms with Gasteiger partial charge in [-0.1, -0.05) is 11.6 Å². The van der Waals surface area contributed by atoms with Crippen LogP contribution < -0.4 is 10.2 Å². The maximum Gasteiger partial charge on any atom is 0.145 e. The van der Waals surface area contributed by atoms with E-state index in [1.165, 1.54) is 0 Å². The fourth-order valence-electron chi connectivity index (χ4n) is 4.64. The van der Waals surface area contributed by atoms with Gasteiger partial charge in [-0.05, 0) is 50.2 Å². The highest BCUT2D eigenvalue weighted by Crippen LogP contribution is 2.39. The Morgan fingerprint density at radius 3 is 2.63 bits per heavy atom. The number of hydrogen-bond donors (Lipinski definition) is 2. The van der Waals surface area contributed by atoms with Crippen molar-refractivity contribution >= 4 is 34.0 Å². The lowest BCUT2D eigenvalue weighted by Crippen LogP contribution is -2.48. The van der Waals surface area contributed by atoms with Crippen LogP contribution in [-0.2, 0) is 17.2 Å². The highest BCUT2D eigenvalue weighted by Gasteiger charge is 2.38. The fraction of sp³-hybridized carbons (Fsp3) is 0.571. The van der Waals surface area contributed by atoms with Gasteiger partial charge in [0.2, 0.25) is 0 Å². The number of aromatic nitrogens is 3. The predicted molar refractivity (Wildman–Crippen MR) is 118 cm³/mol. The Morgan fingerprint density at radius 2 is 2.00 bits per heavy atom. The molecule has 2 fully saturated rings. The van der Waals surface area contributed by atoms with Gasteiger partial charge in [-0.25, -0.2) is 15.0 Å². The third-order valence-corrected chi connectivity index (χ3v) is 8.32. The summed E-state index contributed by atoms with van der Waals surface area (Å²) in [4.78, 5) is 16.8. The number of nitrogens with zero attached hydrogens (tertiary/aromatic N) is 4. The van der Waals surface area contributed by atoms with E-state index in [9.17, 15) is 9.32 Å². The number of hydrogen-bond acceptors (Lipinski definition) is 7. The second kappa shape index (κ2) is 8.05. The van der Waals surface area contributed by atoms with Crippen LogP contribution in [-0.4, -0.2) is 55.3 Å². The smallest absolute Gasteiger partial charge is 0.145 e. The van der Waals surface area contributed by atoms with Crippen molar-refractivity contribution in [3.63, 3.8) is 0 Å². The molecule has 2 aromatic rings. The first-order chi connectivity index (χ1) is 14.6. The average Bonchev–Trinajstić information content (AvgIpc) is 3.12. The molecule has 2 aromatic heterocycles. The van der Waals surface area contributed by atoms with Gasteiger partial charge in [-0.2, -0.15) is 0 Å². The van der Waals surface area contributed by atoms with Crippen LogP contribution in [0.15, 0.2) is 23.4 Å². The molecule has 0 amide bonds. The van der Waals surface area contributed by atoms with Crippen LogP contribution in [0.3, 0.4) is 0 Å². The third-order valence-electron chi connectivity index (χ3n) is 6.64. The van der Waals surface area contributed by atoms with Crippen molar-refractivity contribution in [1.29, 1.82) is 0 Å². The Morgan fingerprint density at radius 1 is 1.27 bits per heavy atom. The summed E-state index contributed by atoms with van der Waals surface area (Å²) in [7, 11) is -1.02. The number of piperidine rings is 1. The van der Waals surface area contributed by atoms with Gasteiger partial charge in [0.25, 0.3) is 0 Å². The van der Waals surface area contributed by atoms with E-state index in [1.807, 2.05) is 0 Å². The maximum atomic E-state index is 12.6. The zero-order chi connectivity index (χ0) is 20.7. The van der Waals surface area contributed by atoms with Gasteiger partial charge in [0.1, 0.15) is 17.5 Å². The molecule has 0 spiro atoms. The molecule has 4 heterocycles. The van der Waals surface area contributed by atoms with Gasteiger partial charge in [0, 0.05) is 37.2 Å². The number of aryl methyl sites for hydroxylation is 1. The average molecular weight is 448 g/mol. The molecule has 0 bridgehead atoms. The number of fused-ring (bicyclic) bond motifs is 1. The Hall–Kier alpha value is -1.77. The lowest BCUT2D eigenvalue weighted by Gasteiger charge is -2.42. The highest BCUT2D eigenvalue weighted by molar-refractivity contribution is 7.85. The van der Waals surface area contributed by atoms with Crippen LogP contribution in [0.2, 0.25) is 5.02 Å². The van der Waals surface area contributed by atoms with E-state index < -0.39 is 10.8 Å². The molecule has 1 atom stereocenters. The number of rotatable bonds is 5. The Labute approximate surface area is 183 Å². The van der Waals surface area contributed by atoms with Crippen LogP contribution in [0.5, 0.6) is 0 Å². The van der Waals surface area contributed by atoms with Crippen molar-refractivity contribution in [2.24, 2.45) is 0 Å². The Bertz CT molecular complexity index is 953. The first-order valence-corrected chi connectivity index (χ1v) is 12.3. The van der Waals surface area contributed by atoms with Crippen LogP contribution in [0.4, 0.5) is 11.6 Å². The summed E-state index contributed by atoms with van der Waals surface area (Å²) in [6, 6.07) is 2.11. The van der Waals surface area contributed by atoms with E-state index in [0.29, 0.717) is 22.5 Å². The van der Waals surface area contributed by atoms with Gasteiger partial charge >= 0.3 is 0 Å². The molecule has 2 N–H and O–H groups in total. The van der Waals surface area contributed by atoms with E-state index >= 15 is 0 Å². The summed E-state index contributed by atoms with van der Waals surface area (Å²) in [6.45, 7) is 1.82. The second-order valence-electron chi connectivity index (χ2n) is 8.55. The van der Waals surface area contributed by atoms with Gasteiger partial charge < -0.3 is 15.3 Å².